The molecular weight excluding hydrogens is 227 g/mol. The van der Waals surface area contributed by atoms with E-state index in [-0.39, 0.29) is 0 Å². The largest absolute Gasteiger partial charge is 0.110 e. The lowest BCUT2D eigenvalue weighted by atomic mass is 9.94. The Kier molecular flexibility index (Phi) is 2.60. The topological polar surface area (TPSA) is 0 Å². The summed E-state index contributed by atoms with van der Waals surface area (Å²) in [4.78, 5) is -0.839. The van der Waals surface area contributed by atoms with Crippen LogP contribution in [0, 0.1) is 0 Å². The number of halogens is 2. The van der Waals surface area contributed by atoms with Crippen LogP contribution in [0.1, 0.15) is 20.3 Å². The van der Waals surface area contributed by atoms with Gasteiger partial charge in [0.05, 0.1) is 9.75 Å². The highest BCUT2D eigenvalue weighted by Crippen LogP contribution is 2.41. The molecule has 0 aromatic heterocycles. The van der Waals surface area contributed by atoms with Gasteiger partial charge in [-0.2, -0.15) is 0 Å². The molecule has 0 N–H and O–H groups in total. The maximum atomic E-state index is 6.47. The maximum Gasteiger partial charge on any atom is 0.0837 e. The Morgan fingerprint density at radius 1 is 0.933 bits per heavy atom. The summed E-state index contributed by atoms with van der Waals surface area (Å²) in [6, 6.07) is 0. The van der Waals surface area contributed by atoms with Gasteiger partial charge in [0.2, 0.25) is 0 Å². The van der Waals surface area contributed by atoms with Crippen LogP contribution >= 0.6 is 23.2 Å². The first kappa shape index (κ1) is 11.0. The lowest BCUT2D eigenvalue weighted by Gasteiger charge is -2.25. The molecule has 15 heavy (non-hydrogen) atoms. The summed E-state index contributed by atoms with van der Waals surface area (Å²) in [5.41, 5.74) is 2.40. The minimum Gasteiger partial charge on any atom is -0.110 e. The van der Waals surface area contributed by atoms with E-state index in [0.29, 0.717) is 6.42 Å². The van der Waals surface area contributed by atoms with Gasteiger partial charge in [0.15, 0.2) is 0 Å². The molecule has 0 saturated carbocycles. The second-order valence-electron chi connectivity index (χ2n) is 4.47. The van der Waals surface area contributed by atoms with Gasteiger partial charge < -0.3 is 0 Å². The lowest BCUT2D eigenvalue weighted by molar-refractivity contribution is 0.690. The van der Waals surface area contributed by atoms with Gasteiger partial charge in [0.25, 0.3) is 0 Å². The van der Waals surface area contributed by atoms with Gasteiger partial charge in [0, 0.05) is 0 Å². The fourth-order valence-corrected chi connectivity index (χ4v) is 3.11. The SMILES string of the molecule is CC1=CC(Cl)(CC2(Cl)C=CC(C)=C2)C=C1. The van der Waals surface area contributed by atoms with Crippen molar-refractivity contribution in [3.63, 3.8) is 0 Å². The predicted octanol–water partition coefficient (Wildman–Crippen LogP) is 4.36. The molecule has 0 saturated heterocycles. The van der Waals surface area contributed by atoms with E-state index in [2.05, 4.69) is 12.2 Å². The summed E-state index contributed by atoms with van der Waals surface area (Å²) < 4.78 is 0. The smallest absolute Gasteiger partial charge is 0.0837 e. The van der Waals surface area contributed by atoms with Crippen molar-refractivity contribution < 1.29 is 0 Å². The van der Waals surface area contributed by atoms with Gasteiger partial charge in [-0.15, -0.1) is 23.2 Å². The zero-order valence-corrected chi connectivity index (χ0v) is 10.4. The van der Waals surface area contributed by atoms with E-state index in [1.165, 1.54) is 11.1 Å². The van der Waals surface area contributed by atoms with E-state index < -0.39 is 9.75 Å². The van der Waals surface area contributed by atoms with E-state index in [1.54, 1.807) is 0 Å². The predicted molar refractivity (Wildman–Crippen MR) is 67.6 cm³/mol. The highest BCUT2D eigenvalue weighted by atomic mass is 35.5. The molecule has 0 aromatic carbocycles. The summed E-state index contributed by atoms with van der Waals surface area (Å²) in [6.45, 7) is 4.10. The molecule has 2 unspecified atom stereocenters. The molecule has 2 atom stereocenters. The summed E-state index contributed by atoms with van der Waals surface area (Å²) in [5, 5.41) is 0. The van der Waals surface area contributed by atoms with Crippen molar-refractivity contribution in [2.45, 2.75) is 30.0 Å². The van der Waals surface area contributed by atoms with Crippen LogP contribution in [-0.4, -0.2) is 9.75 Å². The van der Waals surface area contributed by atoms with Gasteiger partial charge in [0.1, 0.15) is 0 Å². The maximum absolute atomic E-state index is 6.47. The summed E-state index contributed by atoms with van der Waals surface area (Å²) >= 11 is 12.9. The molecular formula is C13H14Cl2. The summed E-state index contributed by atoms with van der Waals surface area (Å²) in [6.07, 6.45) is 12.9. The molecule has 0 spiro atoms. The molecule has 0 nitrogen and oxygen atoms in total. The Labute approximate surface area is 101 Å². The van der Waals surface area contributed by atoms with E-state index >= 15 is 0 Å². The van der Waals surface area contributed by atoms with Gasteiger partial charge in [-0.05, 0) is 20.3 Å². The van der Waals surface area contributed by atoms with Crippen LogP contribution in [0.5, 0.6) is 0 Å². The van der Waals surface area contributed by atoms with Crippen LogP contribution in [0.15, 0.2) is 47.6 Å². The average molecular weight is 241 g/mol. The Hall–Kier alpha value is -0.460. The van der Waals surface area contributed by atoms with Crippen molar-refractivity contribution in [1.82, 2.24) is 0 Å². The minimum atomic E-state index is -0.419. The van der Waals surface area contributed by atoms with E-state index in [1.807, 2.05) is 38.2 Å². The van der Waals surface area contributed by atoms with E-state index in [4.69, 9.17) is 23.2 Å². The Morgan fingerprint density at radius 3 is 1.60 bits per heavy atom. The van der Waals surface area contributed by atoms with Gasteiger partial charge in [-0.1, -0.05) is 47.6 Å². The molecule has 0 aliphatic heterocycles. The van der Waals surface area contributed by atoms with Gasteiger partial charge >= 0.3 is 0 Å². The average Bonchev–Trinajstić information content (AvgIpc) is 2.57. The molecule has 0 heterocycles. The lowest BCUT2D eigenvalue weighted by Crippen LogP contribution is -2.26. The Bertz CT molecular complexity index is 363. The van der Waals surface area contributed by atoms with E-state index in [0.717, 1.165) is 0 Å². The molecule has 2 aliphatic carbocycles. The van der Waals surface area contributed by atoms with Crippen LogP contribution in [0.4, 0.5) is 0 Å². The molecule has 0 bridgehead atoms. The van der Waals surface area contributed by atoms with Crippen molar-refractivity contribution in [2.75, 3.05) is 0 Å². The number of hydrogen-bond acceptors (Lipinski definition) is 0. The number of allylic oxidation sites excluding steroid dienone is 8. The van der Waals surface area contributed by atoms with Crippen molar-refractivity contribution in [3.8, 4) is 0 Å². The first-order chi connectivity index (χ1) is 6.91. The zero-order valence-electron chi connectivity index (χ0n) is 8.93. The standard InChI is InChI=1S/C13H14Cl2/c1-10-3-5-12(14,7-10)9-13(15)6-4-11(2)8-13/h3-8H,9H2,1-2H3. The van der Waals surface area contributed by atoms with Crippen LogP contribution in [-0.2, 0) is 0 Å². The molecule has 2 rings (SSSR count). The molecule has 80 valence electrons. The van der Waals surface area contributed by atoms with Crippen molar-refractivity contribution >= 4 is 23.2 Å². The van der Waals surface area contributed by atoms with Crippen LogP contribution in [0.25, 0.3) is 0 Å². The fraction of sp³-hybridized carbons (Fsp3) is 0.385. The second-order valence-corrected chi connectivity index (χ2v) is 5.88. The number of alkyl halides is 2. The zero-order chi connectivity index (χ0) is 11.1. The Balaban J connectivity index is 2.18. The first-order valence-electron chi connectivity index (χ1n) is 5.06. The third kappa shape index (κ3) is 2.38. The minimum absolute atomic E-state index is 0.419. The number of rotatable bonds is 2. The third-order valence-electron chi connectivity index (χ3n) is 2.72. The second kappa shape index (κ2) is 3.54. The molecule has 2 heteroatoms. The van der Waals surface area contributed by atoms with Crippen LogP contribution in [0.3, 0.4) is 0 Å². The monoisotopic (exact) mass is 240 g/mol. The fourth-order valence-electron chi connectivity index (χ4n) is 2.12. The Morgan fingerprint density at radius 2 is 1.33 bits per heavy atom. The quantitative estimate of drug-likeness (QED) is 0.630. The molecule has 0 aromatic rings. The number of hydrogen-bond donors (Lipinski definition) is 0. The summed E-state index contributed by atoms with van der Waals surface area (Å²) in [7, 11) is 0. The molecule has 0 amide bonds. The molecule has 2 aliphatic rings. The highest BCUT2D eigenvalue weighted by Gasteiger charge is 2.36. The van der Waals surface area contributed by atoms with Crippen LogP contribution < -0.4 is 0 Å². The van der Waals surface area contributed by atoms with Crippen LogP contribution in [0.2, 0.25) is 0 Å². The van der Waals surface area contributed by atoms with Crippen molar-refractivity contribution in [3.05, 3.63) is 47.6 Å². The van der Waals surface area contributed by atoms with Crippen molar-refractivity contribution in [2.24, 2.45) is 0 Å². The first-order valence-corrected chi connectivity index (χ1v) is 5.82. The summed E-state index contributed by atoms with van der Waals surface area (Å²) in [5.74, 6) is 0. The van der Waals surface area contributed by atoms with E-state index in [9.17, 15) is 0 Å². The van der Waals surface area contributed by atoms with Gasteiger partial charge in [-0.25, -0.2) is 0 Å². The van der Waals surface area contributed by atoms with Crippen molar-refractivity contribution in [1.29, 1.82) is 0 Å². The normalized spacial score (nSPS) is 38.4. The third-order valence-corrected chi connectivity index (χ3v) is 3.46. The molecule has 0 radical (unpaired) electrons. The highest BCUT2D eigenvalue weighted by molar-refractivity contribution is 6.30. The van der Waals surface area contributed by atoms with Gasteiger partial charge in [-0.3, -0.25) is 0 Å². The molecule has 0 fully saturated rings.